The maximum Gasteiger partial charge on any atom is 0.229 e. The van der Waals surface area contributed by atoms with Crippen molar-refractivity contribution in [1.29, 1.82) is 0 Å². The van der Waals surface area contributed by atoms with Gasteiger partial charge >= 0.3 is 0 Å². The van der Waals surface area contributed by atoms with Crippen LogP contribution in [0, 0.1) is 12.8 Å². The van der Waals surface area contributed by atoms with Crippen LogP contribution in [0.3, 0.4) is 0 Å². The lowest BCUT2D eigenvalue weighted by Crippen LogP contribution is -2.28. The molecule has 1 fully saturated rings. The minimum atomic E-state index is -0.431. The highest BCUT2D eigenvalue weighted by Crippen LogP contribution is 2.31. The third-order valence-electron chi connectivity index (χ3n) is 4.47. The molecule has 3 aromatic rings. The average molecular weight is 420 g/mol. The Morgan fingerprint density at radius 3 is 2.81 bits per heavy atom. The predicted octanol–water partition coefficient (Wildman–Crippen LogP) is 4.90. The Labute approximate surface area is 169 Å². The fourth-order valence-corrected chi connectivity index (χ4v) is 4.26. The second kappa shape index (κ2) is 7.11. The van der Waals surface area contributed by atoms with Gasteiger partial charge in [-0.05, 0) is 43.3 Å². The second-order valence-corrected chi connectivity index (χ2v) is 8.46. The summed E-state index contributed by atoms with van der Waals surface area (Å²) in [6, 6.07) is 10.7. The van der Waals surface area contributed by atoms with Crippen molar-refractivity contribution in [3.05, 3.63) is 51.5 Å². The van der Waals surface area contributed by atoms with E-state index in [1.54, 1.807) is 34.4 Å². The lowest BCUT2D eigenvalue weighted by molar-refractivity contribution is -0.122. The summed E-state index contributed by atoms with van der Waals surface area (Å²) in [5, 5.41) is 4.57. The minimum Gasteiger partial charge on any atom is -0.326 e. The van der Waals surface area contributed by atoms with Crippen molar-refractivity contribution in [2.75, 3.05) is 16.8 Å². The highest BCUT2D eigenvalue weighted by atomic mass is 35.5. The number of aromatic nitrogens is 1. The summed E-state index contributed by atoms with van der Waals surface area (Å²) in [6.07, 6.45) is 0.168. The average Bonchev–Trinajstić information content (AvgIpc) is 3.19. The van der Waals surface area contributed by atoms with E-state index in [-0.39, 0.29) is 18.2 Å². The molecule has 1 atom stereocenters. The topological polar surface area (TPSA) is 62.3 Å². The molecule has 8 heteroatoms. The third-order valence-corrected chi connectivity index (χ3v) is 6.16. The van der Waals surface area contributed by atoms with Gasteiger partial charge in [0.05, 0.1) is 31.2 Å². The van der Waals surface area contributed by atoms with Gasteiger partial charge in [0.1, 0.15) is 0 Å². The number of carbonyl (C=O) groups excluding carboxylic acids is 2. The largest absolute Gasteiger partial charge is 0.326 e. The second-order valence-electron chi connectivity index (χ2n) is 6.41. The van der Waals surface area contributed by atoms with Gasteiger partial charge in [0.25, 0.3) is 0 Å². The van der Waals surface area contributed by atoms with Crippen molar-refractivity contribution in [2.45, 2.75) is 13.3 Å². The van der Waals surface area contributed by atoms with E-state index < -0.39 is 5.92 Å². The Kier molecular flexibility index (Phi) is 4.80. The monoisotopic (exact) mass is 419 g/mol. The molecule has 138 valence electrons. The summed E-state index contributed by atoms with van der Waals surface area (Å²) in [5.41, 5.74) is 2.19. The number of carbonyl (C=O) groups is 2. The van der Waals surface area contributed by atoms with Crippen LogP contribution in [-0.2, 0) is 9.59 Å². The molecule has 2 amide bonds. The molecule has 0 spiro atoms. The molecule has 1 aromatic heterocycles. The molecule has 0 aliphatic carbocycles. The van der Waals surface area contributed by atoms with Gasteiger partial charge in [-0.1, -0.05) is 23.2 Å². The molecular weight excluding hydrogens is 405 g/mol. The van der Waals surface area contributed by atoms with E-state index in [4.69, 9.17) is 23.2 Å². The Balaban J connectivity index is 1.50. The highest BCUT2D eigenvalue weighted by molar-refractivity contribution is 7.18. The number of hydrogen-bond acceptors (Lipinski definition) is 4. The van der Waals surface area contributed by atoms with Gasteiger partial charge in [-0.3, -0.25) is 9.59 Å². The number of benzene rings is 2. The van der Waals surface area contributed by atoms with Crippen molar-refractivity contribution in [3.63, 3.8) is 0 Å². The van der Waals surface area contributed by atoms with E-state index in [1.165, 1.54) is 0 Å². The molecule has 1 saturated heterocycles. The Bertz CT molecular complexity index is 1070. The summed E-state index contributed by atoms with van der Waals surface area (Å²) < 4.78 is 1.08. The zero-order valence-corrected chi connectivity index (χ0v) is 16.7. The third kappa shape index (κ3) is 3.65. The van der Waals surface area contributed by atoms with E-state index in [0.717, 1.165) is 20.9 Å². The molecule has 4 rings (SSSR count). The van der Waals surface area contributed by atoms with Crippen LogP contribution in [0.25, 0.3) is 10.2 Å². The Morgan fingerprint density at radius 1 is 1.22 bits per heavy atom. The lowest BCUT2D eigenvalue weighted by atomic mass is 10.1. The molecule has 5 nitrogen and oxygen atoms in total. The number of fused-ring (bicyclic) bond motifs is 1. The van der Waals surface area contributed by atoms with Crippen LogP contribution in [0.2, 0.25) is 10.0 Å². The Morgan fingerprint density at radius 2 is 2.04 bits per heavy atom. The van der Waals surface area contributed by atoms with E-state index in [2.05, 4.69) is 10.3 Å². The molecule has 1 unspecified atom stereocenters. The number of nitrogens with zero attached hydrogens (tertiary/aromatic N) is 2. The standard InChI is InChI=1S/C19H15Cl2N3O2S/c1-10-22-16-8-13(3-5-17(16)27-10)24-9-11(6-18(24)25)19(26)23-12-2-4-14(20)15(21)7-12/h2-5,7-8,11H,6,9H2,1H3,(H,23,26). The summed E-state index contributed by atoms with van der Waals surface area (Å²) >= 11 is 13.5. The molecule has 0 bridgehead atoms. The zero-order chi connectivity index (χ0) is 19.1. The molecule has 27 heavy (non-hydrogen) atoms. The number of hydrogen-bond donors (Lipinski definition) is 1. The molecule has 2 aromatic carbocycles. The van der Waals surface area contributed by atoms with Crippen molar-refractivity contribution in [1.82, 2.24) is 4.98 Å². The lowest BCUT2D eigenvalue weighted by Gasteiger charge is -2.17. The normalized spacial score (nSPS) is 16.9. The number of amides is 2. The number of anilines is 2. The van der Waals surface area contributed by atoms with Gasteiger partial charge in [0, 0.05) is 24.3 Å². The SMILES string of the molecule is Cc1nc2cc(N3CC(C(=O)Nc4ccc(Cl)c(Cl)c4)CC3=O)ccc2s1. The van der Waals surface area contributed by atoms with Crippen molar-refractivity contribution >= 4 is 67.9 Å². The quantitative estimate of drug-likeness (QED) is 0.656. The van der Waals surface area contributed by atoms with Gasteiger partial charge in [-0.25, -0.2) is 4.98 Å². The predicted molar refractivity (Wildman–Crippen MR) is 110 cm³/mol. The molecule has 0 saturated carbocycles. The summed E-state index contributed by atoms with van der Waals surface area (Å²) in [7, 11) is 0. The molecule has 0 radical (unpaired) electrons. The first-order valence-corrected chi connectivity index (χ1v) is 9.91. The molecule has 1 aliphatic rings. The van der Waals surface area contributed by atoms with Crippen LogP contribution in [0.1, 0.15) is 11.4 Å². The fourth-order valence-electron chi connectivity index (χ4n) is 3.15. The highest BCUT2D eigenvalue weighted by Gasteiger charge is 2.35. The van der Waals surface area contributed by atoms with Crippen molar-refractivity contribution < 1.29 is 9.59 Å². The molecular formula is C19H15Cl2N3O2S. The summed E-state index contributed by atoms with van der Waals surface area (Å²) in [5.74, 6) is -0.717. The zero-order valence-electron chi connectivity index (χ0n) is 14.3. The number of nitrogens with one attached hydrogen (secondary N) is 1. The minimum absolute atomic E-state index is 0.0735. The number of rotatable bonds is 3. The van der Waals surface area contributed by atoms with E-state index in [9.17, 15) is 9.59 Å². The summed E-state index contributed by atoms with van der Waals surface area (Å²) in [6.45, 7) is 2.29. The van der Waals surface area contributed by atoms with Gasteiger partial charge in [0.15, 0.2) is 0 Å². The van der Waals surface area contributed by atoms with Gasteiger partial charge in [-0.15, -0.1) is 11.3 Å². The molecule has 1 N–H and O–H groups in total. The van der Waals surface area contributed by atoms with Gasteiger partial charge in [0.2, 0.25) is 11.8 Å². The fraction of sp³-hybridized carbons (Fsp3) is 0.211. The first-order valence-electron chi connectivity index (χ1n) is 8.34. The van der Waals surface area contributed by atoms with E-state index in [1.807, 2.05) is 25.1 Å². The van der Waals surface area contributed by atoms with E-state index >= 15 is 0 Å². The first-order chi connectivity index (χ1) is 12.9. The number of halogens is 2. The van der Waals surface area contributed by atoms with Crippen LogP contribution in [0.4, 0.5) is 11.4 Å². The van der Waals surface area contributed by atoms with Crippen LogP contribution in [0.5, 0.6) is 0 Å². The summed E-state index contributed by atoms with van der Waals surface area (Å²) in [4.78, 5) is 31.2. The van der Waals surface area contributed by atoms with Crippen LogP contribution >= 0.6 is 34.5 Å². The number of thiazole rings is 1. The van der Waals surface area contributed by atoms with E-state index in [0.29, 0.717) is 22.3 Å². The maximum atomic E-state index is 12.6. The van der Waals surface area contributed by atoms with Gasteiger partial charge in [-0.2, -0.15) is 0 Å². The van der Waals surface area contributed by atoms with Crippen LogP contribution in [-0.4, -0.2) is 23.3 Å². The van der Waals surface area contributed by atoms with Crippen LogP contribution < -0.4 is 10.2 Å². The van der Waals surface area contributed by atoms with Crippen molar-refractivity contribution in [2.24, 2.45) is 5.92 Å². The van der Waals surface area contributed by atoms with Gasteiger partial charge < -0.3 is 10.2 Å². The van der Waals surface area contributed by atoms with Crippen molar-refractivity contribution in [3.8, 4) is 0 Å². The van der Waals surface area contributed by atoms with Crippen LogP contribution in [0.15, 0.2) is 36.4 Å². The first kappa shape index (κ1) is 18.2. The number of aryl methyl sites for hydroxylation is 1. The smallest absolute Gasteiger partial charge is 0.229 e. The molecule has 2 heterocycles. The maximum absolute atomic E-state index is 12.6. The Hall–Kier alpha value is -2.15. The molecule has 1 aliphatic heterocycles.